The molecule has 138 valence electrons. The minimum absolute atomic E-state index is 0.561. The lowest BCUT2D eigenvalue weighted by Crippen LogP contribution is -2.37. The molecule has 1 aromatic rings. The Kier molecular flexibility index (Phi) is 14.0. The summed E-state index contributed by atoms with van der Waals surface area (Å²) in [5.41, 5.74) is 1.59. The molecule has 3 nitrogen and oxygen atoms in total. The molecule has 1 aromatic carbocycles. The molecule has 4 heteroatoms. The fourth-order valence-electron chi connectivity index (χ4n) is 3.12. The molecule has 0 radical (unpaired) electrons. The summed E-state index contributed by atoms with van der Waals surface area (Å²) in [5.74, 6) is 0.876. The second-order valence-electron chi connectivity index (χ2n) is 6.12. The monoisotopic (exact) mass is 335 g/mol. The first kappa shape index (κ1) is 23.2. The van der Waals surface area contributed by atoms with Gasteiger partial charge in [0.2, 0.25) is 0 Å². The number of rotatable bonds is 4. The molecule has 0 saturated heterocycles. The fourth-order valence-corrected chi connectivity index (χ4v) is 3.12. The van der Waals surface area contributed by atoms with Gasteiger partial charge in [0.15, 0.2) is 0 Å². The van der Waals surface area contributed by atoms with Crippen LogP contribution in [-0.4, -0.2) is 23.2 Å². The largest absolute Gasteiger partial charge is 0.488 e. The molecule has 1 aliphatic rings. The van der Waals surface area contributed by atoms with Crippen LogP contribution in [0.25, 0.3) is 0 Å². The zero-order chi connectivity index (χ0) is 18.4. The zero-order valence-corrected chi connectivity index (χ0v) is 16.4. The lowest BCUT2D eigenvalue weighted by Gasteiger charge is -2.24. The third kappa shape index (κ3) is 8.86. The maximum Gasteiger partial charge on any atom is 0.488 e. The van der Waals surface area contributed by atoms with Crippen molar-refractivity contribution in [1.29, 1.82) is 0 Å². The highest BCUT2D eigenvalue weighted by molar-refractivity contribution is 6.59. The minimum Gasteiger partial charge on any atom is -0.423 e. The van der Waals surface area contributed by atoms with E-state index in [-0.39, 0.29) is 0 Å². The maximum atomic E-state index is 9.38. The third-order valence-corrected chi connectivity index (χ3v) is 4.41. The second-order valence-corrected chi connectivity index (χ2v) is 6.12. The van der Waals surface area contributed by atoms with Crippen molar-refractivity contribution >= 4 is 12.6 Å². The lowest BCUT2D eigenvalue weighted by molar-refractivity contribution is 0.342. The Hall–Kier alpha value is -0.835. The van der Waals surface area contributed by atoms with Gasteiger partial charge in [-0.1, -0.05) is 84.6 Å². The molecule has 0 aliphatic heterocycles. The molecule has 1 saturated carbocycles. The maximum absolute atomic E-state index is 9.38. The van der Waals surface area contributed by atoms with Crippen molar-refractivity contribution < 1.29 is 10.0 Å². The molecular weight excluding hydrogens is 297 g/mol. The fraction of sp³-hybridized carbons (Fsp3) is 0.700. The molecule has 0 spiro atoms. The van der Waals surface area contributed by atoms with Gasteiger partial charge in [-0.25, -0.2) is 0 Å². The average molecular weight is 335 g/mol. The summed E-state index contributed by atoms with van der Waals surface area (Å²) in [6.45, 7) is 11.1. The summed E-state index contributed by atoms with van der Waals surface area (Å²) in [5, 5.41) is 22.4. The van der Waals surface area contributed by atoms with Crippen LogP contribution >= 0.6 is 0 Å². The molecular formula is C20H38BNO2. The number of hydrogen-bond acceptors (Lipinski definition) is 3. The molecule has 24 heavy (non-hydrogen) atoms. The highest BCUT2D eigenvalue weighted by Gasteiger charge is 2.17. The molecule has 0 unspecified atom stereocenters. The van der Waals surface area contributed by atoms with Crippen molar-refractivity contribution in [3.8, 4) is 0 Å². The molecule has 3 N–H and O–H groups in total. The van der Waals surface area contributed by atoms with Gasteiger partial charge in [0, 0.05) is 12.6 Å². The quantitative estimate of drug-likeness (QED) is 0.732. The van der Waals surface area contributed by atoms with Crippen molar-refractivity contribution in [1.82, 2.24) is 5.32 Å². The van der Waals surface area contributed by atoms with E-state index in [2.05, 4.69) is 12.2 Å². The van der Waals surface area contributed by atoms with E-state index in [0.29, 0.717) is 18.0 Å². The first-order valence-corrected chi connectivity index (χ1v) is 9.84. The van der Waals surface area contributed by atoms with Crippen LogP contribution in [0.4, 0.5) is 0 Å². The van der Waals surface area contributed by atoms with E-state index in [0.717, 1.165) is 11.5 Å². The summed E-state index contributed by atoms with van der Waals surface area (Å²) >= 11 is 0. The predicted octanol–water partition coefficient (Wildman–Crippen LogP) is 3.87. The molecule has 2 rings (SSSR count). The summed E-state index contributed by atoms with van der Waals surface area (Å²) in [6, 6.07) is 8.10. The van der Waals surface area contributed by atoms with Gasteiger partial charge in [0.1, 0.15) is 0 Å². The van der Waals surface area contributed by atoms with Gasteiger partial charge < -0.3 is 15.4 Å². The van der Waals surface area contributed by atoms with Crippen LogP contribution in [0.5, 0.6) is 0 Å². The van der Waals surface area contributed by atoms with Gasteiger partial charge in [0.05, 0.1) is 0 Å². The summed E-state index contributed by atoms with van der Waals surface area (Å²) in [7, 11) is -1.38. The van der Waals surface area contributed by atoms with Crippen molar-refractivity contribution in [2.45, 2.75) is 85.7 Å². The van der Waals surface area contributed by atoms with Crippen molar-refractivity contribution in [3.63, 3.8) is 0 Å². The molecule has 1 fully saturated rings. The van der Waals surface area contributed by atoms with Crippen molar-refractivity contribution in [2.24, 2.45) is 5.92 Å². The van der Waals surface area contributed by atoms with Gasteiger partial charge in [-0.3, -0.25) is 0 Å². The van der Waals surface area contributed by atoms with Gasteiger partial charge >= 0.3 is 7.12 Å². The van der Waals surface area contributed by atoms with Gasteiger partial charge in [0.25, 0.3) is 0 Å². The van der Waals surface area contributed by atoms with E-state index in [1.54, 1.807) is 6.07 Å². The van der Waals surface area contributed by atoms with Crippen LogP contribution in [0.2, 0.25) is 0 Å². The van der Waals surface area contributed by atoms with E-state index in [9.17, 15) is 10.0 Å². The first-order valence-electron chi connectivity index (χ1n) is 9.84. The highest BCUT2D eigenvalue weighted by Crippen LogP contribution is 2.22. The standard InChI is InChI=1S/C16H26BNO2.2C2H6/c1-13-6-4-9-15(10-5-7-13)18-12-14-8-2-3-11-16(14)17(19)20;2*1-2/h2-3,8,11,13,15,18-20H,4-7,9-10,12H2,1H3;2*1-2H3. The Balaban J connectivity index is 0.00000123. The summed E-state index contributed by atoms with van der Waals surface area (Å²) in [6.07, 6.45) is 7.73. The van der Waals surface area contributed by atoms with Crippen LogP contribution in [0, 0.1) is 5.92 Å². The average Bonchev–Trinajstić information content (AvgIpc) is 2.60. The molecule has 1 aliphatic carbocycles. The lowest BCUT2D eigenvalue weighted by atomic mass is 9.77. The van der Waals surface area contributed by atoms with E-state index in [1.165, 1.54) is 38.5 Å². The Morgan fingerprint density at radius 1 is 0.958 bits per heavy atom. The van der Waals surface area contributed by atoms with Gasteiger partial charge in [-0.2, -0.15) is 0 Å². The van der Waals surface area contributed by atoms with Crippen LogP contribution < -0.4 is 10.8 Å². The minimum atomic E-state index is -1.38. The van der Waals surface area contributed by atoms with Crippen molar-refractivity contribution in [3.05, 3.63) is 29.8 Å². The number of benzene rings is 1. The van der Waals surface area contributed by atoms with E-state index in [4.69, 9.17) is 0 Å². The van der Waals surface area contributed by atoms with E-state index in [1.807, 2.05) is 45.9 Å². The molecule has 0 heterocycles. The zero-order valence-electron chi connectivity index (χ0n) is 16.4. The second kappa shape index (κ2) is 14.5. The van der Waals surface area contributed by atoms with Gasteiger partial charge in [-0.15, -0.1) is 0 Å². The number of hydrogen-bond donors (Lipinski definition) is 3. The Labute approximate surface area is 150 Å². The van der Waals surface area contributed by atoms with Crippen LogP contribution in [0.3, 0.4) is 0 Å². The summed E-state index contributed by atoms with van der Waals surface area (Å²) < 4.78 is 0. The first-order chi connectivity index (χ1) is 11.7. The van der Waals surface area contributed by atoms with E-state index < -0.39 is 7.12 Å². The number of nitrogens with one attached hydrogen (secondary N) is 1. The summed E-state index contributed by atoms with van der Waals surface area (Å²) in [4.78, 5) is 0. The SMILES string of the molecule is CC.CC.CC1CCCC(NCc2ccccc2B(O)O)CCC1. The molecule has 0 aromatic heterocycles. The van der Waals surface area contributed by atoms with Crippen LogP contribution in [0.15, 0.2) is 24.3 Å². The normalized spacial score (nSPS) is 20.5. The van der Waals surface area contributed by atoms with Crippen molar-refractivity contribution in [2.75, 3.05) is 0 Å². The van der Waals surface area contributed by atoms with Crippen LogP contribution in [-0.2, 0) is 6.54 Å². The molecule has 0 amide bonds. The Bertz CT molecular complexity index is 402. The predicted molar refractivity (Wildman–Crippen MR) is 106 cm³/mol. The Morgan fingerprint density at radius 2 is 1.50 bits per heavy atom. The van der Waals surface area contributed by atoms with Gasteiger partial charge in [-0.05, 0) is 29.8 Å². The third-order valence-electron chi connectivity index (χ3n) is 4.41. The Morgan fingerprint density at radius 3 is 2.04 bits per heavy atom. The highest BCUT2D eigenvalue weighted by atomic mass is 16.4. The van der Waals surface area contributed by atoms with Crippen LogP contribution in [0.1, 0.15) is 78.7 Å². The molecule has 0 bridgehead atoms. The van der Waals surface area contributed by atoms with E-state index >= 15 is 0 Å². The smallest absolute Gasteiger partial charge is 0.423 e. The molecule has 0 atom stereocenters. The topological polar surface area (TPSA) is 52.5 Å².